The highest BCUT2D eigenvalue weighted by Crippen LogP contribution is 2.31. The number of aromatic amines is 2. The first-order valence-electron chi connectivity index (χ1n) is 11.9. The molecule has 0 radical (unpaired) electrons. The molecule has 186 valence electrons. The van der Waals surface area contributed by atoms with Gasteiger partial charge >= 0.3 is 0 Å². The standard InChI is InChI=1S/C26H27ClN6O3/c1-15-11-19(33-9-6-18(32-36)7-10-33)13-21-24(15)31-25(30-21)23-20(5-8-28-26(23)35)29-14-22(34)16-3-2-4-17(27)12-16/h2-5,8,11-13,18,22,34H,6-7,9-10,14H2,1H3,(H,30,31)(H2,28,29,35)/t22-/m1/s1. The Hall–Kier alpha value is -3.69. The van der Waals surface area contributed by atoms with E-state index in [2.05, 4.69) is 31.4 Å². The van der Waals surface area contributed by atoms with E-state index >= 15 is 0 Å². The van der Waals surface area contributed by atoms with Crippen molar-refractivity contribution in [3.63, 3.8) is 0 Å². The molecule has 1 saturated heterocycles. The van der Waals surface area contributed by atoms with E-state index in [9.17, 15) is 14.8 Å². The van der Waals surface area contributed by atoms with Crippen LogP contribution in [-0.2, 0) is 0 Å². The number of aliphatic hydroxyl groups excluding tert-OH is 1. The SMILES string of the molecule is Cc1cc(N2CCC(N=O)CC2)cc2[nH]c(-c3c(NC[C@@H](O)c4cccc(Cl)c4)cc[nH]c3=O)nc12. The Balaban J connectivity index is 1.43. The normalized spacial score (nSPS) is 15.2. The first-order chi connectivity index (χ1) is 17.4. The third kappa shape index (κ3) is 4.84. The predicted molar refractivity (Wildman–Crippen MR) is 143 cm³/mol. The van der Waals surface area contributed by atoms with Crippen LogP contribution in [0, 0.1) is 11.8 Å². The molecule has 1 aliphatic heterocycles. The topological polar surface area (TPSA) is 126 Å². The predicted octanol–water partition coefficient (Wildman–Crippen LogP) is 4.76. The summed E-state index contributed by atoms with van der Waals surface area (Å²) in [5.74, 6) is 0.440. The Kier molecular flexibility index (Phi) is 6.75. The number of nitroso groups, excluding NO2 is 1. The summed E-state index contributed by atoms with van der Waals surface area (Å²) in [7, 11) is 0. The number of hydrogen-bond donors (Lipinski definition) is 4. The minimum Gasteiger partial charge on any atom is -0.387 e. The van der Waals surface area contributed by atoms with Gasteiger partial charge in [-0.3, -0.25) is 4.79 Å². The molecule has 2 aromatic heterocycles. The fraction of sp³-hybridized carbons (Fsp3) is 0.308. The van der Waals surface area contributed by atoms with Crippen LogP contribution in [0.2, 0.25) is 5.02 Å². The van der Waals surface area contributed by atoms with Crippen LogP contribution in [0.5, 0.6) is 0 Å². The van der Waals surface area contributed by atoms with Crippen LogP contribution in [0.1, 0.15) is 30.1 Å². The van der Waals surface area contributed by atoms with E-state index < -0.39 is 6.10 Å². The lowest BCUT2D eigenvalue weighted by Crippen LogP contribution is -2.35. The van der Waals surface area contributed by atoms with Gasteiger partial charge in [0.05, 0.1) is 28.9 Å². The van der Waals surface area contributed by atoms with Crippen molar-refractivity contribution in [1.82, 2.24) is 15.0 Å². The fourth-order valence-electron chi connectivity index (χ4n) is 4.70. The zero-order valence-corrected chi connectivity index (χ0v) is 20.5. The average Bonchev–Trinajstić information content (AvgIpc) is 3.31. The van der Waals surface area contributed by atoms with Gasteiger partial charge in [-0.1, -0.05) is 28.9 Å². The quantitative estimate of drug-likeness (QED) is 0.268. The first-order valence-corrected chi connectivity index (χ1v) is 12.3. The van der Waals surface area contributed by atoms with Crippen LogP contribution in [0.4, 0.5) is 11.4 Å². The molecule has 0 spiro atoms. The van der Waals surface area contributed by atoms with Gasteiger partial charge in [0.15, 0.2) is 0 Å². The summed E-state index contributed by atoms with van der Waals surface area (Å²) in [6.07, 6.45) is 2.23. The molecular weight excluding hydrogens is 480 g/mol. The zero-order chi connectivity index (χ0) is 25.2. The molecule has 4 N–H and O–H groups in total. The Morgan fingerprint density at radius 3 is 2.81 bits per heavy atom. The second-order valence-electron chi connectivity index (χ2n) is 9.12. The number of anilines is 2. The smallest absolute Gasteiger partial charge is 0.261 e. The molecule has 4 aromatic rings. The van der Waals surface area contributed by atoms with Gasteiger partial charge in [-0.25, -0.2) is 4.98 Å². The summed E-state index contributed by atoms with van der Waals surface area (Å²) >= 11 is 6.05. The second kappa shape index (κ2) is 10.1. The molecule has 0 saturated carbocycles. The summed E-state index contributed by atoms with van der Waals surface area (Å²) in [5.41, 5.74) is 4.95. The number of aryl methyl sites for hydroxylation is 1. The Bertz CT molecular complexity index is 1460. The molecule has 3 heterocycles. The molecule has 2 aromatic carbocycles. The highest BCUT2D eigenvalue weighted by Gasteiger charge is 2.22. The van der Waals surface area contributed by atoms with Gasteiger partial charge < -0.3 is 25.3 Å². The number of benzene rings is 2. The van der Waals surface area contributed by atoms with Gasteiger partial charge in [-0.05, 0) is 61.2 Å². The number of hydrogen-bond acceptors (Lipinski definition) is 7. The van der Waals surface area contributed by atoms with E-state index in [1.54, 1.807) is 36.5 Å². The number of nitrogens with zero attached hydrogens (tertiary/aromatic N) is 3. The average molecular weight is 507 g/mol. The molecule has 10 heteroatoms. The Morgan fingerprint density at radius 2 is 2.06 bits per heavy atom. The molecule has 0 aliphatic carbocycles. The van der Waals surface area contributed by atoms with Crippen molar-refractivity contribution in [3.05, 3.63) is 80.1 Å². The van der Waals surface area contributed by atoms with E-state index in [0.717, 1.165) is 48.2 Å². The summed E-state index contributed by atoms with van der Waals surface area (Å²) < 4.78 is 0. The molecule has 0 unspecified atom stereocenters. The molecular formula is C26H27ClN6O3. The van der Waals surface area contributed by atoms with Crippen molar-refractivity contribution in [2.75, 3.05) is 29.9 Å². The number of piperidine rings is 1. The molecule has 36 heavy (non-hydrogen) atoms. The summed E-state index contributed by atoms with van der Waals surface area (Å²) in [4.78, 5) is 36.7. The molecule has 1 fully saturated rings. The number of fused-ring (bicyclic) bond motifs is 1. The van der Waals surface area contributed by atoms with Gasteiger partial charge in [-0.15, -0.1) is 0 Å². The van der Waals surface area contributed by atoms with Gasteiger partial charge in [0.25, 0.3) is 5.56 Å². The Labute approximate surface area is 212 Å². The van der Waals surface area contributed by atoms with Crippen molar-refractivity contribution in [2.24, 2.45) is 5.18 Å². The number of rotatable bonds is 7. The summed E-state index contributed by atoms with van der Waals surface area (Å²) in [6.45, 7) is 3.71. The number of aliphatic hydroxyl groups is 1. The summed E-state index contributed by atoms with van der Waals surface area (Å²) in [5, 5.41) is 17.5. The number of nitrogens with one attached hydrogen (secondary N) is 3. The third-order valence-corrected chi connectivity index (χ3v) is 6.89. The molecule has 1 atom stereocenters. The van der Waals surface area contributed by atoms with Crippen LogP contribution >= 0.6 is 11.6 Å². The molecule has 9 nitrogen and oxygen atoms in total. The molecule has 0 bridgehead atoms. The monoisotopic (exact) mass is 506 g/mol. The first kappa shape index (κ1) is 24.0. The van der Waals surface area contributed by atoms with Crippen LogP contribution < -0.4 is 15.8 Å². The third-order valence-electron chi connectivity index (χ3n) is 6.66. The minimum absolute atomic E-state index is 0.113. The minimum atomic E-state index is -0.810. The lowest BCUT2D eigenvalue weighted by atomic mass is 10.0. The second-order valence-corrected chi connectivity index (χ2v) is 9.55. The fourth-order valence-corrected chi connectivity index (χ4v) is 4.90. The van der Waals surface area contributed by atoms with Gasteiger partial charge in [0, 0.05) is 36.5 Å². The largest absolute Gasteiger partial charge is 0.387 e. The van der Waals surface area contributed by atoms with Crippen molar-refractivity contribution >= 4 is 34.0 Å². The molecule has 0 amide bonds. The number of aromatic nitrogens is 3. The van der Waals surface area contributed by atoms with Gasteiger partial charge in [-0.2, -0.15) is 4.91 Å². The lowest BCUT2D eigenvalue weighted by Gasteiger charge is -2.31. The van der Waals surface area contributed by atoms with E-state index in [0.29, 0.717) is 27.7 Å². The van der Waals surface area contributed by atoms with Crippen molar-refractivity contribution < 1.29 is 5.11 Å². The highest BCUT2D eigenvalue weighted by atomic mass is 35.5. The highest BCUT2D eigenvalue weighted by molar-refractivity contribution is 6.30. The van der Waals surface area contributed by atoms with Crippen LogP contribution in [0.25, 0.3) is 22.4 Å². The maximum Gasteiger partial charge on any atom is 0.261 e. The zero-order valence-electron chi connectivity index (χ0n) is 19.8. The van der Waals surface area contributed by atoms with E-state index in [1.165, 1.54) is 0 Å². The van der Waals surface area contributed by atoms with Crippen LogP contribution in [0.3, 0.4) is 0 Å². The molecule has 5 rings (SSSR count). The maximum atomic E-state index is 12.9. The van der Waals surface area contributed by atoms with Crippen LogP contribution in [0.15, 0.2) is 58.6 Å². The van der Waals surface area contributed by atoms with Gasteiger partial charge in [0.1, 0.15) is 11.4 Å². The van der Waals surface area contributed by atoms with Crippen LogP contribution in [-0.4, -0.2) is 45.7 Å². The van der Waals surface area contributed by atoms with Gasteiger partial charge in [0.2, 0.25) is 0 Å². The Morgan fingerprint density at radius 1 is 1.25 bits per heavy atom. The number of pyridine rings is 1. The van der Waals surface area contributed by atoms with Crippen molar-refractivity contribution in [3.8, 4) is 11.4 Å². The molecule has 1 aliphatic rings. The maximum absolute atomic E-state index is 12.9. The number of imidazole rings is 1. The van der Waals surface area contributed by atoms with E-state index in [4.69, 9.17) is 16.6 Å². The summed E-state index contributed by atoms with van der Waals surface area (Å²) in [6, 6.07) is 12.8. The van der Waals surface area contributed by atoms with E-state index in [-0.39, 0.29) is 18.1 Å². The number of halogens is 1. The van der Waals surface area contributed by atoms with E-state index in [1.807, 2.05) is 13.0 Å². The van der Waals surface area contributed by atoms with Crippen molar-refractivity contribution in [1.29, 1.82) is 0 Å². The number of H-pyrrole nitrogens is 2. The van der Waals surface area contributed by atoms with Crippen molar-refractivity contribution in [2.45, 2.75) is 31.9 Å². The lowest BCUT2D eigenvalue weighted by molar-refractivity contribution is 0.191.